The highest BCUT2D eigenvalue weighted by atomic mass is 19.4. The zero-order valence-electron chi connectivity index (χ0n) is 18.5. The van der Waals surface area contributed by atoms with Gasteiger partial charge in [-0.15, -0.1) is 0 Å². The summed E-state index contributed by atoms with van der Waals surface area (Å²) in [4.78, 5) is 31.4. The predicted molar refractivity (Wildman–Crippen MR) is 118 cm³/mol. The molecule has 2 heterocycles. The largest absolute Gasteiger partial charge is 0.496 e. The van der Waals surface area contributed by atoms with Gasteiger partial charge in [0, 0.05) is 43.7 Å². The molecule has 2 unspecified atom stereocenters. The van der Waals surface area contributed by atoms with Gasteiger partial charge in [0.25, 0.3) is 0 Å². The van der Waals surface area contributed by atoms with E-state index in [1.165, 1.54) is 24.1 Å². The number of aromatic nitrogens is 2. The molecule has 4 rings (SSSR count). The average Bonchev–Trinajstić information content (AvgIpc) is 3.42. The topological polar surface area (TPSA) is 76.5 Å². The first kappa shape index (κ1) is 23.3. The molecule has 1 fully saturated rings. The molecule has 0 saturated carbocycles. The van der Waals surface area contributed by atoms with Gasteiger partial charge < -0.3 is 19.5 Å². The van der Waals surface area contributed by atoms with Crippen LogP contribution in [0.1, 0.15) is 29.4 Å². The lowest BCUT2D eigenvalue weighted by molar-refractivity contribution is -0.137. The number of nitrogens with zero attached hydrogens (tertiary/aromatic N) is 3. The molecule has 0 spiro atoms. The second kappa shape index (κ2) is 9.20. The molecule has 0 radical (unpaired) electrons. The first-order valence-corrected chi connectivity index (χ1v) is 10.6. The van der Waals surface area contributed by atoms with Crippen LogP contribution in [0.4, 0.5) is 18.9 Å². The molecule has 1 aliphatic rings. The lowest BCUT2D eigenvalue weighted by Gasteiger charge is -2.23. The maximum atomic E-state index is 13.2. The van der Waals surface area contributed by atoms with Crippen molar-refractivity contribution in [2.75, 3.05) is 18.6 Å². The molecule has 2 amide bonds. The van der Waals surface area contributed by atoms with Crippen molar-refractivity contribution < 1.29 is 27.5 Å². The second-order valence-electron chi connectivity index (χ2n) is 8.03. The summed E-state index contributed by atoms with van der Waals surface area (Å²) in [7, 11) is 3.32. The number of carbonyl (C=O) groups is 2. The Morgan fingerprint density at radius 2 is 1.97 bits per heavy atom. The van der Waals surface area contributed by atoms with Gasteiger partial charge in [0.2, 0.25) is 11.8 Å². The Kier molecular flexibility index (Phi) is 6.32. The number of hydrogen-bond acceptors (Lipinski definition) is 4. The normalized spacial score (nSPS) is 17.0. The fourth-order valence-electron chi connectivity index (χ4n) is 4.08. The summed E-state index contributed by atoms with van der Waals surface area (Å²) in [5.41, 5.74) is -0.0519. The van der Waals surface area contributed by atoms with E-state index in [1.807, 2.05) is 18.2 Å². The van der Waals surface area contributed by atoms with Crippen LogP contribution in [-0.2, 0) is 22.8 Å². The number of alkyl halides is 3. The summed E-state index contributed by atoms with van der Waals surface area (Å²) in [5, 5.41) is 2.96. The smallest absolute Gasteiger partial charge is 0.416 e. The Morgan fingerprint density at radius 1 is 1.21 bits per heavy atom. The minimum absolute atomic E-state index is 0.0226. The zero-order valence-corrected chi connectivity index (χ0v) is 18.5. The van der Waals surface area contributed by atoms with Crippen LogP contribution in [-0.4, -0.2) is 35.0 Å². The third-order valence-corrected chi connectivity index (χ3v) is 5.83. The molecule has 178 valence electrons. The zero-order chi connectivity index (χ0) is 24.5. The number of benzene rings is 2. The number of halogens is 3. The van der Waals surface area contributed by atoms with E-state index in [2.05, 4.69) is 10.3 Å². The molecule has 1 aliphatic heterocycles. The predicted octanol–water partition coefficient (Wildman–Crippen LogP) is 3.71. The molecule has 0 aliphatic carbocycles. The van der Waals surface area contributed by atoms with Crippen molar-refractivity contribution in [2.45, 2.75) is 18.6 Å². The average molecular weight is 472 g/mol. The van der Waals surface area contributed by atoms with Gasteiger partial charge in [-0.2, -0.15) is 13.2 Å². The fraction of sp³-hybridized carbons (Fsp3) is 0.292. The van der Waals surface area contributed by atoms with E-state index in [4.69, 9.17) is 4.74 Å². The van der Waals surface area contributed by atoms with Crippen LogP contribution in [0.3, 0.4) is 0 Å². The van der Waals surface area contributed by atoms with Crippen molar-refractivity contribution in [2.24, 2.45) is 13.0 Å². The summed E-state index contributed by atoms with van der Waals surface area (Å²) < 4.78 is 46.5. The van der Waals surface area contributed by atoms with Crippen molar-refractivity contribution in [3.63, 3.8) is 0 Å². The summed E-state index contributed by atoms with van der Waals surface area (Å²) in [6.07, 6.45) is -1.28. The molecule has 34 heavy (non-hydrogen) atoms. The van der Waals surface area contributed by atoms with Crippen molar-refractivity contribution >= 4 is 17.5 Å². The second-order valence-corrected chi connectivity index (χ2v) is 8.03. The number of carbonyl (C=O) groups excluding carboxylic acids is 2. The first-order valence-electron chi connectivity index (χ1n) is 10.6. The number of methoxy groups -OCH3 is 1. The number of anilines is 1. The molecule has 1 aromatic heterocycles. The molecule has 1 saturated heterocycles. The molecular formula is C24H23F3N4O3. The van der Waals surface area contributed by atoms with Gasteiger partial charge in [-0.05, 0) is 24.3 Å². The number of aryl methyl sites for hydroxylation is 1. The fourth-order valence-corrected chi connectivity index (χ4v) is 4.08. The summed E-state index contributed by atoms with van der Waals surface area (Å²) in [6, 6.07) is 11.1. The minimum Gasteiger partial charge on any atom is -0.496 e. The number of hydrogen-bond donors (Lipinski definition) is 1. The van der Waals surface area contributed by atoms with Gasteiger partial charge in [-0.1, -0.05) is 24.3 Å². The summed E-state index contributed by atoms with van der Waals surface area (Å²) >= 11 is 0. The first-order chi connectivity index (χ1) is 16.2. The molecule has 10 heteroatoms. The van der Waals surface area contributed by atoms with Crippen LogP contribution in [0.25, 0.3) is 0 Å². The van der Waals surface area contributed by atoms with E-state index >= 15 is 0 Å². The Morgan fingerprint density at radius 3 is 2.65 bits per heavy atom. The third kappa shape index (κ3) is 4.61. The SMILES string of the molecule is COc1ccccc1C(NC(=O)C1CC(=O)N(c2cccc(C(F)(F)F)c2)C1)c1nccn1C. The van der Waals surface area contributed by atoms with Crippen molar-refractivity contribution in [3.05, 3.63) is 77.9 Å². The maximum absolute atomic E-state index is 13.2. The number of para-hydroxylation sites is 1. The van der Waals surface area contributed by atoms with Crippen molar-refractivity contribution in [3.8, 4) is 5.75 Å². The van der Waals surface area contributed by atoms with Crippen LogP contribution in [0.2, 0.25) is 0 Å². The molecule has 7 nitrogen and oxygen atoms in total. The minimum atomic E-state index is -4.53. The summed E-state index contributed by atoms with van der Waals surface area (Å²) in [5.74, 6) is -0.424. The van der Waals surface area contributed by atoms with Gasteiger partial charge in [-0.25, -0.2) is 4.98 Å². The van der Waals surface area contributed by atoms with Crippen molar-refractivity contribution in [1.82, 2.24) is 14.9 Å². The Bertz CT molecular complexity index is 1210. The Balaban J connectivity index is 1.58. The number of rotatable bonds is 6. The van der Waals surface area contributed by atoms with Crippen LogP contribution >= 0.6 is 0 Å². The van der Waals surface area contributed by atoms with Crippen molar-refractivity contribution in [1.29, 1.82) is 0 Å². The third-order valence-electron chi connectivity index (χ3n) is 5.83. The Hall–Kier alpha value is -3.82. The lowest BCUT2D eigenvalue weighted by atomic mass is 10.0. The highest BCUT2D eigenvalue weighted by Gasteiger charge is 2.38. The standard InChI is InChI=1S/C24H23F3N4O3/c1-30-11-10-28-22(30)21(18-8-3-4-9-19(18)34-2)29-23(33)15-12-20(32)31(14-15)17-7-5-6-16(13-17)24(25,26)27/h3-11,13,15,21H,12,14H2,1-2H3,(H,29,33). The van der Waals surface area contributed by atoms with E-state index in [1.54, 1.807) is 30.1 Å². The number of nitrogens with one attached hydrogen (secondary N) is 1. The van der Waals surface area contributed by atoms with Gasteiger partial charge in [0.1, 0.15) is 17.6 Å². The highest BCUT2D eigenvalue weighted by molar-refractivity contribution is 6.00. The van der Waals surface area contributed by atoms with E-state index in [0.29, 0.717) is 17.1 Å². The van der Waals surface area contributed by atoms with Gasteiger partial charge in [-0.3, -0.25) is 9.59 Å². The maximum Gasteiger partial charge on any atom is 0.416 e. The monoisotopic (exact) mass is 472 g/mol. The number of amides is 2. The molecular weight excluding hydrogens is 449 g/mol. The molecule has 3 aromatic rings. The number of ether oxygens (including phenoxy) is 1. The van der Waals surface area contributed by atoms with E-state index in [0.717, 1.165) is 12.1 Å². The highest BCUT2D eigenvalue weighted by Crippen LogP contribution is 2.34. The van der Waals surface area contributed by atoms with Gasteiger partial charge in [0.15, 0.2) is 0 Å². The van der Waals surface area contributed by atoms with E-state index in [-0.39, 0.29) is 18.7 Å². The lowest BCUT2D eigenvalue weighted by Crippen LogP contribution is -2.37. The van der Waals surface area contributed by atoms with Crippen LogP contribution in [0, 0.1) is 5.92 Å². The van der Waals surface area contributed by atoms with Gasteiger partial charge in [0.05, 0.1) is 18.6 Å². The molecule has 0 bridgehead atoms. The van der Waals surface area contributed by atoms with Crippen LogP contribution in [0.5, 0.6) is 5.75 Å². The molecule has 2 aromatic carbocycles. The number of imidazole rings is 1. The molecule has 1 N–H and O–H groups in total. The quantitative estimate of drug-likeness (QED) is 0.594. The summed E-state index contributed by atoms with van der Waals surface area (Å²) in [6.45, 7) is -0.0226. The Labute approximate surface area is 194 Å². The molecule has 2 atom stereocenters. The van der Waals surface area contributed by atoms with Crippen LogP contribution in [0.15, 0.2) is 60.9 Å². The van der Waals surface area contributed by atoms with Gasteiger partial charge >= 0.3 is 6.18 Å². The van der Waals surface area contributed by atoms with E-state index in [9.17, 15) is 22.8 Å². The van der Waals surface area contributed by atoms with E-state index < -0.39 is 35.5 Å². The van der Waals surface area contributed by atoms with Crippen LogP contribution < -0.4 is 15.0 Å².